The van der Waals surface area contributed by atoms with E-state index in [9.17, 15) is 28.1 Å². The zero-order chi connectivity index (χ0) is 18.9. The van der Waals surface area contributed by atoms with Crippen LogP contribution in [-0.4, -0.2) is 41.7 Å². The van der Waals surface area contributed by atoms with Crippen molar-refractivity contribution in [2.75, 3.05) is 6.61 Å². The number of hydrogen-bond acceptors (Lipinski definition) is 5. The summed E-state index contributed by atoms with van der Waals surface area (Å²) in [6.45, 7) is -1.54. The van der Waals surface area contributed by atoms with E-state index in [-0.39, 0.29) is 29.8 Å². The molecule has 2 bridgehead atoms. The van der Waals surface area contributed by atoms with Gasteiger partial charge in [-0.1, -0.05) is 0 Å². The van der Waals surface area contributed by atoms with Gasteiger partial charge in [0.05, 0.1) is 4.92 Å². The molecule has 3 rings (SSSR count). The largest absolute Gasteiger partial charge is 0.484 e. The lowest BCUT2D eigenvalue weighted by Gasteiger charge is -2.29. The second kappa shape index (κ2) is 8.30. The van der Waals surface area contributed by atoms with Gasteiger partial charge in [0.2, 0.25) is 0 Å². The fraction of sp³-hybridized carbons (Fsp3) is 0.562. The van der Waals surface area contributed by atoms with E-state index in [1.165, 1.54) is 0 Å². The number of benzene rings is 1. The van der Waals surface area contributed by atoms with Crippen LogP contribution in [0.1, 0.15) is 36.0 Å². The molecule has 0 aliphatic carbocycles. The van der Waals surface area contributed by atoms with Crippen LogP contribution >= 0.6 is 12.4 Å². The van der Waals surface area contributed by atoms with E-state index >= 15 is 0 Å². The Kier molecular flexibility index (Phi) is 6.53. The number of carbonyl (C=O) groups excluding carboxylic acids is 1. The molecule has 0 spiro atoms. The van der Waals surface area contributed by atoms with Crippen molar-refractivity contribution in [2.24, 2.45) is 0 Å². The number of rotatable bonds is 5. The van der Waals surface area contributed by atoms with Gasteiger partial charge in [0.15, 0.2) is 6.61 Å². The van der Waals surface area contributed by atoms with Gasteiger partial charge in [-0.2, -0.15) is 13.2 Å². The third-order valence-corrected chi connectivity index (χ3v) is 4.62. The Bertz CT molecular complexity index is 705. The lowest BCUT2D eigenvalue weighted by molar-refractivity contribution is -0.385. The van der Waals surface area contributed by atoms with E-state index in [0.717, 1.165) is 43.9 Å². The summed E-state index contributed by atoms with van der Waals surface area (Å²) in [5, 5.41) is 17.3. The van der Waals surface area contributed by atoms with Gasteiger partial charge in [-0.05, 0) is 37.8 Å². The first kappa shape index (κ1) is 21.2. The molecule has 2 unspecified atom stereocenters. The van der Waals surface area contributed by atoms with Gasteiger partial charge in [-0.25, -0.2) is 0 Å². The highest BCUT2D eigenvalue weighted by Gasteiger charge is 2.35. The topological polar surface area (TPSA) is 93.5 Å². The number of nitro benzene ring substituents is 1. The maximum Gasteiger partial charge on any atom is 0.422 e. The molecule has 0 radical (unpaired) electrons. The summed E-state index contributed by atoms with van der Waals surface area (Å²) in [6, 6.07) is 3.51. The number of fused-ring (bicyclic) bond motifs is 2. The molecule has 1 aromatic rings. The van der Waals surface area contributed by atoms with Gasteiger partial charge in [-0.3, -0.25) is 14.9 Å². The van der Waals surface area contributed by atoms with Crippen LogP contribution in [0.5, 0.6) is 5.75 Å². The first-order valence-corrected chi connectivity index (χ1v) is 8.26. The molecule has 2 aliphatic rings. The average Bonchev–Trinajstić information content (AvgIpc) is 2.90. The van der Waals surface area contributed by atoms with Crippen molar-refractivity contribution in [2.45, 2.75) is 50.0 Å². The fourth-order valence-corrected chi connectivity index (χ4v) is 3.55. The van der Waals surface area contributed by atoms with Crippen LogP contribution in [0.2, 0.25) is 0 Å². The van der Waals surface area contributed by atoms with Crippen molar-refractivity contribution < 1.29 is 27.6 Å². The number of ether oxygens (including phenoxy) is 1. The number of nitro groups is 1. The van der Waals surface area contributed by atoms with Crippen molar-refractivity contribution in [1.82, 2.24) is 10.6 Å². The smallest absolute Gasteiger partial charge is 0.422 e. The van der Waals surface area contributed by atoms with Crippen molar-refractivity contribution in [3.05, 3.63) is 33.9 Å². The average molecular weight is 410 g/mol. The SMILES string of the molecule is Cl.O=C(NC1CC2CCC(C1)N2)c1cc(OCC(F)(F)F)ccc1[N+](=O)[O-]. The maximum atomic E-state index is 12.5. The summed E-state index contributed by atoms with van der Waals surface area (Å²) >= 11 is 0. The van der Waals surface area contributed by atoms with Gasteiger partial charge in [-0.15, -0.1) is 12.4 Å². The predicted molar refractivity (Wildman–Crippen MR) is 92.3 cm³/mol. The van der Waals surface area contributed by atoms with E-state index in [2.05, 4.69) is 15.4 Å². The molecular weight excluding hydrogens is 391 g/mol. The van der Waals surface area contributed by atoms with Crippen molar-refractivity contribution in [3.8, 4) is 5.75 Å². The first-order valence-electron chi connectivity index (χ1n) is 8.26. The number of nitrogens with zero attached hydrogens (tertiary/aromatic N) is 1. The van der Waals surface area contributed by atoms with Gasteiger partial charge in [0, 0.05) is 24.2 Å². The Balaban J connectivity index is 0.00000261. The minimum Gasteiger partial charge on any atom is -0.484 e. The van der Waals surface area contributed by atoms with Crippen LogP contribution in [0.15, 0.2) is 18.2 Å². The molecule has 2 heterocycles. The molecule has 7 nitrogen and oxygen atoms in total. The first-order chi connectivity index (χ1) is 12.2. The van der Waals surface area contributed by atoms with E-state index in [4.69, 9.17) is 0 Å². The van der Waals surface area contributed by atoms with Crippen LogP contribution < -0.4 is 15.4 Å². The fourth-order valence-electron chi connectivity index (χ4n) is 3.55. The summed E-state index contributed by atoms with van der Waals surface area (Å²) < 4.78 is 41.4. The highest BCUT2D eigenvalue weighted by atomic mass is 35.5. The van der Waals surface area contributed by atoms with Crippen LogP contribution in [0.3, 0.4) is 0 Å². The summed E-state index contributed by atoms with van der Waals surface area (Å²) in [4.78, 5) is 22.9. The number of piperidine rings is 1. The molecule has 2 atom stereocenters. The lowest BCUT2D eigenvalue weighted by atomic mass is 9.99. The van der Waals surface area contributed by atoms with Gasteiger partial charge in [0.1, 0.15) is 11.3 Å². The van der Waals surface area contributed by atoms with Crippen molar-refractivity contribution in [1.29, 1.82) is 0 Å². The zero-order valence-corrected chi connectivity index (χ0v) is 14.9. The number of alkyl halides is 3. The molecule has 2 aliphatic heterocycles. The predicted octanol–water partition coefficient (Wildman–Crippen LogP) is 2.97. The zero-order valence-electron chi connectivity index (χ0n) is 14.1. The number of nitrogens with one attached hydrogen (secondary N) is 2. The summed E-state index contributed by atoms with van der Waals surface area (Å²) in [5.41, 5.74) is -0.778. The monoisotopic (exact) mass is 409 g/mol. The standard InChI is InChI=1S/C16H18F3N3O4.ClH/c17-16(18,19)8-26-12-3-4-14(22(24)25)13(7-12)15(23)21-11-5-9-1-2-10(6-11)20-9;/h3-4,7,9-11,20H,1-2,5-6,8H2,(H,21,23);1H. The van der Waals surface area contributed by atoms with Crippen LogP contribution in [0.25, 0.3) is 0 Å². The van der Waals surface area contributed by atoms with E-state index < -0.39 is 29.3 Å². The molecule has 1 amide bonds. The van der Waals surface area contributed by atoms with Crippen LogP contribution in [0, 0.1) is 10.1 Å². The number of amides is 1. The summed E-state index contributed by atoms with van der Waals surface area (Å²) in [6.07, 6.45) is -1.05. The second-order valence-electron chi connectivity index (χ2n) is 6.62. The Hall–Kier alpha value is -2.07. The molecule has 2 N–H and O–H groups in total. The van der Waals surface area contributed by atoms with E-state index in [0.29, 0.717) is 12.1 Å². The minimum absolute atomic E-state index is 0. The van der Waals surface area contributed by atoms with E-state index in [1.807, 2.05) is 0 Å². The molecular formula is C16H19ClF3N3O4. The molecule has 0 saturated carbocycles. The van der Waals surface area contributed by atoms with E-state index in [1.54, 1.807) is 0 Å². The number of carbonyl (C=O) groups is 1. The molecule has 2 fully saturated rings. The molecule has 150 valence electrons. The number of halogens is 4. The van der Waals surface area contributed by atoms with Crippen LogP contribution in [0.4, 0.5) is 18.9 Å². The Morgan fingerprint density at radius 3 is 2.48 bits per heavy atom. The van der Waals surface area contributed by atoms with Gasteiger partial charge >= 0.3 is 6.18 Å². The quantitative estimate of drug-likeness (QED) is 0.576. The summed E-state index contributed by atoms with van der Waals surface area (Å²) in [7, 11) is 0. The molecule has 2 saturated heterocycles. The Labute approximate surface area is 159 Å². The molecule has 1 aromatic carbocycles. The molecule has 0 aromatic heterocycles. The van der Waals surface area contributed by atoms with Gasteiger partial charge in [0.25, 0.3) is 11.6 Å². The normalized spacial score (nSPS) is 24.0. The highest BCUT2D eigenvalue weighted by molar-refractivity contribution is 5.98. The molecule has 11 heteroatoms. The number of hydrogen-bond donors (Lipinski definition) is 2. The minimum atomic E-state index is -4.54. The van der Waals surface area contributed by atoms with Crippen molar-refractivity contribution in [3.63, 3.8) is 0 Å². The Morgan fingerprint density at radius 2 is 1.93 bits per heavy atom. The molecule has 27 heavy (non-hydrogen) atoms. The maximum absolute atomic E-state index is 12.5. The second-order valence-corrected chi connectivity index (χ2v) is 6.62. The van der Waals surface area contributed by atoms with Crippen LogP contribution in [-0.2, 0) is 0 Å². The highest BCUT2D eigenvalue weighted by Crippen LogP contribution is 2.29. The van der Waals surface area contributed by atoms with Crippen molar-refractivity contribution >= 4 is 24.0 Å². The summed E-state index contributed by atoms with van der Waals surface area (Å²) in [5.74, 6) is -0.927. The third kappa shape index (κ3) is 5.46. The third-order valence-electron chi connectivity index (χ3n) is 4.62. The van der Waals surface area contributed by atoms with Gasteiger partial charge < -0.3 is 15.4 Å². The lowest BCUT2D eigenvalue weighted by Crippen LogP contribution is -2.48. The Morgan fingerprint density at radius 1 is 1.30 bits per heavy atom.